The highest BCUT2D eigenvalue weighted by molar-refractivity contribution is 5.94. The molecule has 0 radical (unpaired) electrons. The minimum absolute atomic E-state index is 0. The van der Waals surface area contributed by atoms with Crippen molar-refractivity contribution >= 4 is 18.3 Å². The Balaban J connectivity index is 0.00000147. The number of aromatic nitrogens is 2. The number of rotatable bonds is 2. The lowest BCUT2D eigenvalue weighted by Gasteiger charge is -2.27. The number of hydrogen-bond donors (Lipinski definition) is 3. The molecule has 0 bridgehead atoms. The van der Waals surface area contributed by atoms with Gasteiger partial charge in [-0.25, -0.2) is 0 Å². The molecule has 1 fully saturated rings. The number of nitrogens with one attached hydrogen (secondary N) is 3. The van der Waals surface area contributed by atoms with Gasteiger partial charge < -0.3 is 10.6 Å². The highest BCUT2D eigenvalue weighted by atomic mass is 35.5. The Hall–Kier alpha value is -1.07. The number of nitrogens with zero attached hydrogens (tertiary/aromatic N) is 1. The Bertz CT molecular complexity index is 497. The molecule has 1 amide bonds. The molecule has 0 saturated heterocycles. The summed E-state index contributed by atoms with van der Waals surface area (Å²) in [6.45, 7) is 6.15. The lowest BCUT2D eigenvalue weighted by molar-refractivity contribution is 0.0903. The molecule has 2 heterocycles. The van der Waals surface area contributed by atoms with Crippen LogP contribution in [0.25, 0.3) is 0 Å². The number of H-pyrrole nitrogens is 1. The van der Waals surface area contributed by atoms with E-state index in [0.29, 0.717) is 5.69 Å². The molecule has 1 saturated carbocycles. The standard InChI is InChI=1S/C14H22N4O.ClH/c1-14(2)6-3-4-11(14)16-13(19)12-9-8-15-7-5-10(9)17-18-12;/h11,15H,3-8H2,1-2H3,(H,16,19)(H,17,18);1H. The minimum Gasteiger partial charge on any atom is -0.347 e. The predicted octanol–water partition coefficient (Wildman–Crippen LogP) is 1.79. The normalized spacial score (nSPS) is 23.8. The SMILES string of the molecule is CC1(C)CCCC1NC(=O)c1n[nH]c2c1CNCC2.Cl. The van der Waals surface area contributed by atoms with Gasteiger partial charge >= 0.3 is 0 Å². The van der Waals surface area contributed by atoms with E-state index in [-0.39, 0.29) is 29.8 Å². The number of aromatic amines is 1. The molecule has 1 aromatic heterocycles. The van der Waals surface area contributed by atoms with Crippen molar-refractivity contribution in [2.45, 2.75) is 52.1 Å². The van der Waals surface area contributed by atoms with Crippen LogP contribution in [0.5, 0.6) is 0 Å². The molecule has 0 spiro atoms. The van der Waals surface area contributed by atoms with Crippen molar-refractivity contribution in [2.24, 2.45) is 5.41 Å². The number of halogens is 1. The molecule has 6 heteroatoms. The molecule has 1 unspecified atom stereocenters. The molecule has 5 nitrogen and oxygen atoms in total. The van der Waals surface area contributed by atoms with E-state index in [9.17, 15) is 4.79 Å². The third kappa shape index (κ3) is 2.69. The largest absolute Gasteiger partial charge is 0.347 e. The van der Waals surface area contributed by atoms with Gasteiger partial charge in [0.15, 0.2) is 5.69 Å². The Morgan fingerprint density at radius 1 is 1.45 bits per heavy atom. The summed E-state index contributed by atoms with van der Waals surface area (Å²) in [5, 5.41) is 13.7. The second kappa shape index (κ2) is 5.74. The van der Waals surface area contributed by atoms with Crippen molar-refractivity contribution < 1.29 is 4.79 Å². The van der Waals surface area contributed by atoms with E-state index < -0.39 is 0 Å². The van der Waals surface area contributed by atoms with Crippen molar-refractivity contribution in [3.63, 3.8) is 0 Å². The van der Waals surface area contributed by atoms with Gasteiger partial charge in [0.2, 0.25) is 0 Å². The van der Waals surface area contributed by atoms with Crippen molar-refractivity contribution in [2.75, 3.05) is 6.54 Å². The van der Waals surface area contributed by atoms with Gasteiger partial charge in [0.05, 0.1) is 0 Å². The lowest BCUT2D eigenvalue weighted by Crippen LogP contribution is -2.42. The van der Waals surface area contributed by atoms with Crippen molar-refractivity contribution in [3.05, 3.63) is 17.0 Å². The maximum atomic E-state index is 12.4. The van der Waals surface area contributed by atoms with Crippen LogP contribution in [0.3, 0.4) is 0 Å². The van der Waals surface area contributed by atoms with Crippen molar-refractivity contribution in [1.29, 1.82) is 0 Å². The first-order chi connectivity index (χ1) is 9.08. The monoisotopic (exact) mass is 298 g/mol. The first kappa shape index (κ1) is 15.3. The van der Waals surface area contributed by atoms with E-state index in [2.05, 4.69) is 34.7 Å². The molecule has 0 aromatic carbocycles. The van der Waals surface area contributed by atoms with Crippen molar-refractivity contribution in [3.8, 4) is 0 Å². The maximum absolute atomic E-state index is 12.4. The van der Waals surface area contributed by atoms with Crippen LogP contribution in [0.4, 0.5) is 0 Å². The number of carbonyl (C=O) groups is 1. The van der Waals surface area contributed by atoms with Crippen LogP contribution in [0.15, 0.2) is 0 Å². The molecule has 3 N–H and O–H groups in total. The number of fused-ring (bicyclic) bond motifs is 1. The van der Waals surface area contributed by atoms with Crippen LogP contribution in [-0.2, 0) is 13.0 Å². The van der Waals surface area contributed by atoms with Crippen LogP contribution in [-0.4, -0.2) is 28.7 Å². The Kier molecular flexibility index (Phi) is 4.39. The summed E-state index contributed by atoms with van der Waals surface area (Å²) in [4.78, 5) is 12.4. The highest BCUT2D eigenvalue weighted by Crippen LogP contribution is 2.37. The summed E-state index contributed by atoms with van der Waals surface area (Å²) in [6, 6.07) is 0.267. The predicted molar refractivity (Wildman–Crippen MR) is 80.1 cm³/mol. The summed E-state index contributed by atoms with van der Waals surface area (Å²) in [7, 11) is 0. The fourth-order valence-corrected chi connectivity index (χ4v) is 3.23. The average molecular weight is 299 g/mol. The van der Waals surface area contributed by atoms with Crippen molar-refractivity contribution in [1.82, 2.24) is 20.8 Å². The molecular formula is C14H23ClN4O. The fraction of sp³-hybridized carbons (Fsp3) is 0.714. The Labute approximate surface area is 125 Å². The molecule has 1 aliphatic heterocycles. The number of hydrogen-bond acceptors (Lipinski definition) is 3. The lowest BCUT2D eigenvalue weighted by atomic mass is 9.87. The summed E-state index contributed by atoms with van der Waals surface area (Å²) >= 11 is 0. The van der Waals surface area contributed by atoms with Gasteiger partial charge in [-0.2, -0.15) is 5.10 Å². The maximum Gasteiger partial charge on any atom is 0.272 e. The van der Waals surface area contributed by atoms with Crippen LogP contribution >= 0.6 is 12.4 Å². The first-order valence-electron chi connectivity index (χ1n) is 7.15. The quantitative estimate of drug-likeness (QED) is 0.779. The summed E-state index contributed by atoms with van der Waals surface area (Å²) < 4.78 is 0. The molecule has 20 heavy (non-hydrogen) atoms. The van der Waals surface area contributed by atoms with Crippen LogP contribution in [0.1, 0.15) is 54.9 Å². The van der Waals surface area contributed by atoms with Gasteiger partial charge in [-0.3, -0.25) is 9.89 Å². The summed E-state index contributed by atoms with van der Waals surface area (Å²) in [5.74, 6) is -0.0267. The molecule has 112 valence electrons. The van der Waals surface area contributed by atoms with Gasteiger partial charge in [0, 0.05) is 36.8 Å². The summed E-state index contributed by atoms with van der Waals surface area (Å²) in [6.07, 6.45) is 4.37. The number of amides is 1. The van der Waals surface area contributed by atoms with E-state index >= 15 is 0 Å². The van der Waals surface area contributed by atoms with E-state index in [4.69, 9.17) is 0 Å². The highest BCUT2D eigenvalue weighted by Gasteiger charge is 2.36. The third-order valence-electron chi connectivity index (χ3n) is 4.58. The van der Waals surface area contributed by atoms with Gasteiger partial charge in [-0.15, -0.1) is 12.4 Å². The van der Waals surface area contributed by atoms with E-state index in [1.54, 1.807) is 0 Å². The van der Waals surface area contributed by atoms with Crippen LogP contribution in [0.2, 0.25) is 0 Å². The Morgan fingerprint density at radius 2 is 2.25 bits per heavy atom. The second-order valence-electron chi connectivity index (χ2n) is 6.36. The average Bonchev–Trinajstić information content (AvgIpc) is 2.93. The number of carbonyl (C=O) groups excluding carboxylic acids is 1. The molecule has 1 aromatic rings. The molecular weight excluding hydrogens is 276 g/mol. The fourth-order valence-electron chi connectivity index (χ4n) is 3.23. The Morgan fingerprint density at radius 3 is 2.95 bits per heavy atom. The molecule has 3 rings (SSSR count). The van der Waals surface area contributed by atoms with E-state index in [1.807, 2.05) is 0 Å². The third-order valence-corrected chi connectivity index (χ3v) is 4.58. The molecule has 2 aliphatic rings. The van der Waals surface area contributed by atoms with Crippen LogP contribution in [0, 0.1) is 5.41 Å². The molecule has 1 atom stereocenters. The van der Waals surface area contributed by atoms with Crippen LogP contribution < -0.4 is 10.6 Å². The van der Waals surface area contributed by atoms with Gasteiger partial charge in [0.1, 0.15) is 0 Å². The van der Waals surface area contributed by atoms with E-state index in [1.165, 1.54) is 12.8 Å². The molecule has 1 aliphatic carbocycles. The topological polar surface area (TPSA) is 69.8 Å². The van der Waals surface area contributed by atoms with Gasteiger partial charge in [-0.05, 0) is 18.3 Å². The second-order valence-corrected chi connectivity index (χ2v) is 6.36. The smallest absolute Gasteiger partial charge is 0.272 e. The zero-order chi connectivity index (χ0) is 13.5. The van der Waals surface area contributed by atoms with Gasteiger partial charge in [-0.1, -0.05) is 20.3 Å². The summed E-state index contributed by atoms with van der Waals surface area (Å²) in [5.41, 5.74) is 2.92. The minimum atomic E-state index is -0.0267. The van der Waals surface area contributed by atoms with E-state index in [0.717, 1.165) is 37.2 Å². The first-order valence-corrected chi connectivity index (χ1v) is 7.15. The van der Waals surface area contributed by atoms with Gasteiger partial charge in [0.25, 0.3) is 5.91 Å². The zero-order valence-electron chi connectivity index (χ0n) is 12.1. The zero-order valence-corrected chi connectivity index (χ0v) is 12.9.